The first-order valence-corrected chi connectivity index (χ1v) is 9.76. The molecule has 0 N–H and O–H groups in total. The second kappa shape index (κ2) is 6.89. The highest BCUT2D eigenvalue weighted by atomic mass is 19.1. The smallest absolute Gasteiger partial charge is 0.254 e. The second-order valence-electron chi connectivity index (χ2n) is 7.76. The molecule has 2 aliphatic rings. The highest BCUT2D eigenvalue weighted by Crippen LogP contribution is 2.43. The van der Waals surface area contributed by atoms with Crippen molar-refractivity contribution in [2.75, 3.05) is 0 Å². The van der Waals surface area contributed by atoms with Gasteiger partial charge in [-0.1, -0.05) is 24.3 Å². The highest BCUT2D eigenvalue weighted by molar-refractivity contribution is 5.95. The van der Waals surface area contributed by atoms with Crippen molar-refractivity contribution in [3.8, 4) is 11.3 Å². The molecule has 0 aliphatic carbocycles. The number of carbonyl (C=O) groups is 1. The van der Waals surface area contributed by atoms with Crippen LogP contribution in [0, 0.1) is 5.82 Å². The van der Waals surface area contributed by atoms with Crippen LogP contribution in [0.5, 0.6) is 0 Å². The van der Waals surface area contributed by atoms with Gasteiger partial charge in [0, 0.05) is 23.2 Å². The lowest BCUT2D eigenvalue weighted by atomic mass is 9.84. The van der Waals surface area contributed by atoms with E-state index in [-0.39, 0.29) is 23.8 Å². The maximum Gasteiger partial charge on any atom is 0.254 e. The predicted molar refractivity (Wildman–Crippen MR) is 103 cm³/mol. The lowest BCUT2D eigenvalue weighted by molar-refractivity contribution is 0.0571. The van der Waals surface area contributed by atoms with Crippen LogP contribution in [0.3, 0.4) is 0 Å². The Hall–Kier alpha value is -2.95. The van der Waals surface area contributed by atoms with Crippen molar-refractivity contribution in [3.63, 3.8) is 0 Å². The first-order chi connectivity index (χ1) is 13.7. The molecule has 5 rings (SSSR count). The van der Waals surface area contributed by atoms with Gasteiger partial charge in [0.25, 0.3) is 5.91 Å². The second-order valence-corrected chi connectivity index (χ2v) is 7.76. The molecule has 3 atom stereocenters. The molecule has 1 aromatic heterocycles. The van der Waals surface area contributed by atoms with E-state index in [0.717, 1.165) is 31.2 Å². The Bertz CT molecular complexity index is 953. The molecule has 2 saturated heterocycles. The van der Waals surface area contributed by atoms with E-state index in [1.54, 1.807) is 6.20 Å². The summed E-state index contributed by atoms with van der Waals surface area (Å²) in [6.45, 7) is 0. The van der Waals surface area contributed by atoms with E-state index >= 15 is 0 Å². The third-order valence-electron chi connectivity index (χ3n) is 6.16. The molecule has 2 aliphatic heterocycles. The summed E-state index contributed by atoms with van der Waals surface area (Å²) in [5.74, 6) is 0.998. The molecule has 0 unspecified atom stereocenters. The van der Waals surface area contributed by atoms with Crippen LogP contribution in [0.4, 0.5) is 4.39 Å². The summed E-state index contributed by atoms with van der Waals surface area (Å²) in [6.07, 6.45) is 7.05. The molecule has 28 heavy (non-hydrogen) atoms. The van der Waals surface area contributed by atoms with E-state index in [4.69, 9.17) is 4.42 Å². The van der Waals surface area contributed by atoms with E-state index in [2.05, 4.69) is 9.88 Å². The molecule has 0 radical (unpaired) electrons. The number of carbonyl (C=O) groups excluding carboxylic acids is 1. The van der Waals surface area contributed by atoms with E-state index < -0.39 is 0 Å². The largest absolute Gasteiger partial charge is 0.444 e. The highest BCUT2D eigenvalue weighted by Gasteiger charge is 2.43. The number of amides is 1. The van der Waals surface area contributed by atoms with Gasteiger partial charge in [0.15, 0.2) is 12.2 Å². The summed E-state index contributed by atoms with van der Waals surface area (Å²) in [4.78, 5) is 19.2. The van der Waals surface area contributed by atoms with Crippen molar-refractivity contribution >= 4 is 5.91 Å². The summed E-state index contributed by atoms with van der Waals surface area (Å²) in [6, 6.07) is 14.9. The first-order valence-electron chi connectivity index (χ1n) is 9.76. The summed E-state index contributed by atoms with van der Waals surface area (Å²) in [5.41, 5.74) is 2.80. The van der Waals surface area contributed by atoms with Gasteiger partial charge in [-0.05, 0) is 61.4 Å². The van der Waals surface area contributed by atoms with Crippen LogP contribution in [0.1, 0.15) is 47.5 Å². The standard InChI is InChI=1S/C23H21FN2O2/c24-19-7-5-15(6-8-19)18-11-20-9-10-21(12-18)26(20)23(27)17-3-1-16(2-4-17)22-13-25-14-28-22/h1-8,13-14,18,20-21H,9-12H2/t18-,20+,21-. The Morgan fingerprint density at radius 1 is 1.00 bits per heavy atom. The summed E-state index contributed by atoms with van der Waals surface area (Å²) in [7, 11) is 0. The number of hydrogen-bond donors (Lipinski definition) is 0. The fraction of sp³-hybridized carbons (Fsp3) is 0.304. The Morgan fingerprint density at radius 2 is 1.68 bits per heavy atom. The Morgan fingerprint density at radius 3 is 2.29 bits per heavy atom. The fourth-order valence-corrected chi connectivity index (χ4v) is 4.80. The van der Waals surface area contributed by atoms with Crippen LogP contribution >= 0.6 is 0 Å². The van der Waals surface area contributed by atoms with Gasteiger partial charge in [-0.25, -0.2) is 9.37 Å². The molecule has 3 aromatic rings. The minimum absolute atomic E-state index is 0.106. The summed E-state index contributed by atoms with van der Waals surface area (Å²) < 4.78 is 18.5. The summed E-state index contributed by atoms with van der Waals surface area (Å²) in [5, 5.41) is 0. The Kier molecular flexibility index (Phi) is 4.23. The van der Waals surface area contributed by atoms with Crippen molar-refractivity contribution in [3.05, 3.63) is 78.1 Å². The average molecular weight is 376 g/mol. The van der Waals surface area contributed by atoms with E-state index in [0.29, 0.717) is 17.2 Å². The van der Waals surface area contributed by atoms with Crippen molar-refractivity contribution < 1.29 is 13.6 Å². The number of aromatic nitrogens is 1. The molecule has 2 aromatic carbocycles. The van der Waals surface area contributed by atoms with Gasteiger partial charge in [-0.2, -0.15) is 0 Å². The molecule has 3 heterocycles. The molecule has 0 spiro atoms. The molecule has 5 heteroatoms. The summed E-state index contributed by atoms with van der Waals surface area (Å²) >= 11 is 0. The van der Waals surface area contributed by atoms with Crippen LogP contribution < -0.4 is 0 Å². The SMILES string of the molecule is O=C(c1ccc(-c2cnco2)cc1)N1[C@@H]2CC[C@H]1C[C@@H](c1ccc(F)cc1)C2. The zero-order valence-electron chi connectivity index (χ0n) is 15.4. The lowest BCUT2D eigenvalue weighted by Gasteiger charge is -2.39. The van der Waals surface area contributed by atoms with Gasteiger partial charge < -0.3 is 9.32 Å². The third-order valence-corrected chi connectivity index (χ3v) is 6.16. The molecule has 142 valence electrons. The van der Waals surface area contributed by atoms with Crippen molar-refractivity contribution in [2.45, 2.75) is 43.7 Å². The number of fused-ring (bicyclic) bond motifs is 2. The van der Waals surface area contributed by atoms with Gasteiger partial charge in [-0.3, -0.25) is 4.79 Å². The molecule has 0 saturated carbocycles. The molecular formula is C23H21FN2O2. The maximum atomic E-state index is 13.2. The molecule has 2 fully saturated rings. The van der Waals surface area contributed by atoms with Crippen LogP contribution in [0.25, 0.3) is 11.3 Å². The zero-order valence-corrected chi connectivity index (χ0v) is 15.4. The van der Waals surface area contributed by atoms with Crippen LogP contribution in [0.15, 0.2) is 65.5 Å². The number of nitrogens with zero attached hydrogens (tertiary/aromatic N) is 2. The van der Waals surface area contributed by atoms with Gasteiger partial charge in [0.1, 0.15) is 5.82 Å². The van der Waals surface area contributed by atoms with Gasteiger partial charge in [0.05, 0.1) is 6.20 Å². The third kappa shape index (κ3) is 3.01. The minimum atomic E-state index is -0.201. The maximum absolute atomic E-state index is 13.2. The van der Waals surface area contributed by atoms with E-state index in [1.165, 1.54) is 24.1 Å². The van der Waals surface area contributed by atoms with E-state index in [1.807, 2.05) is 36.4 Å². The van der Waals surface area contributed by atoms with Crippen molar-refractivity contribution in [1.29, 1.82) is 0 Å². The number of oxazole rings is 1. The van der Waals surface area contributed by atoms with Crippen molar-refractivity contribution in [1.82, 2.24) is 9.88 Å². The van der Waals surface area contributed by atoms with Crippen LogP contribution in [0.2, 0.25) is 0 Å². The van der Waals surface area contributed by atoms with Gasteiger partial charge in [0.2, 0.25) is 0 Å². The number of rotatable bonds is 3. The zero-order chi connectivity index (χ0) is 19.1. The normalized spacial score (nSPS) is 23.8. The predicted octanol–water partition coefficient (Wildman–Crippen LogP) is 5.03. The number of piperidine rings is 1. The van der Waals surface area contributed by atoms with Gasteiger partial charge in [-0.15, -0.1) is 0 Å². The Labute approximate surface area is 163 Å². The first kappa shape index (κ1) is 17.2. The molecule has 2 bridgehead atoms. The quantitative estimate of drug-likeness (QED) is 0.644. The molecule has 1 amide bonds. The molecule has 4 nitrogen and oxygen atoms in total. The number of hydrogen-bond acceptors (Lipinski definition) is 3. The van der Waals surface area contributed by atoms with E-state index in [9.17, 15) is 9.18 Å². The van der Waals surface area contributed by atoms with Crippen LogP contribution in [-0.2, 0) is 0 Å². The number of benzene rings is 2. The topological polar surface area (TPSA) is 46.3 Å². The molecular weight excluding hydrogens is 355 g/mol. The minimum Gasteiger partial charge on any atom is -0.444 e. The Balaban J connectivity index is 1.33. The van der Waals surface area contributed by atoms with Gasteiger partial charge >= 0.3 is 0 Å². The van der Waals surface area contributed by atoms with Crippen LogP contribution in [-0.4, -0.2) is 27.9 Å². The monoisotopic (exact) mass is 376 g/mol. The fourth-order valence-electron chi connectivity index (χ4n) is 4.80. The number of halogens is 1. The average Bonchev–Trinajstić information content (AvgIpc) is 3.35. The lowest BCUT2D eigenvalue weighted by Crippen LogP contribution is -2.46. The van der Waals surface area contributed by atoms with Crippen molar-refractivity contribution in [2.24, 2.45) is 0 Å².